The van der Waals surface area contributed by atoms with Crippen LogP contribution in [0, 0.1) is 3.95 Å². The highest BCUT2D eigenvalue weighted by molar-refractivity contribution is 7.73. The van der Waals surface area contributed by atoms with Crippen molar-refractivity contribution in [2.75, 3.05) is 26.0 Å². The number of ether oxygens (including phenoxy) is 1. The number of hydrogen-bond acceptors (Lipinski definition) is 7. The molecule has 2 N–H and O–H groups in total. The van der Waals surface area contributed by atoms with Crippen molar-refractivity contribution in [1.29, 1.82) is 0 Å². The number of likely N-dealkylation sites (N-methyl/N-ethyl adjacent to an activating group) is 1. The maximum atomic E-state index is 11.8. The smallest absolute Gasteiger partial charge is 0.234 e. The van der Waals surface area contributed by atoms with E-state index in [2.05, 4.69) is 15.7 Å². The lowest BCUT2D eigenvalue weighted by Gasteiger charge is -2.17. The third-order valence-electron chi connectivity index (χ3n) is 3.19. The van der Waals surface area contributed by atoms with Crippen molar-refractivity contribution in [2.24, 2.45) is 0 Å². The quantitative estimate of drug-likeness (QED) is 0.685. The highest BCUT2D eigenvalue weighted by Crippen LogP contribution is 2.22. The van der Waals surface area contributed by atoms with Gasteiger partial charge in [-0.05, 0) is 57.4 Å². The van der Waals surface area contributed by atoms with Gasteiger partial charge in [-0.25, -0.2) is 4.68 Å². The van der Waals surface area contributed by atoms with Crippen LogP contribution in [0.2, 0.25) is 0 Å². The number of anilines is 2. The number of nitrogens with one attached hydrogen (secondary N) is 2. The Balaban J connectivity index is 1.96. The van der Waals surface area contributed by atoms with Crippen LogP contribution in [-0.2, 0) is 11.5 Å². The predicted molar refractivity (Wildman–Crippen MR) is 103 cm³/mol. The minimum Gasteiger partial charge on any atom is -0.497 e. The summed E-state index contributed by atoms with van der Waals surface area (Å²) in [6, 6.07) is 7.70. The van der Waals surface area contributed by atoms with Crippen LogP contribution in [0.1, 0.15) is 13.8 Å². The standard InChI is InChI=1S/C16H23N5O2S2/c1-11(2)17-14(22)9-20(3)10-21-16(24)25-15(19-21)18-12-5-7-13(23-4)8-6-12/h5-8,11H,9-10H2,1-4H3,(H,17,22)(H,18,19). The molecular weight excluding hydrogens is 358 g/mol. The average Bonchev–Trinajstić information content (AvgIpc) is 2.86. The van der Waals surface area contributed by atoms with Gasteiger partial charge in [0.1, 0.15) is 5.75 Å². The number of benzene rings is 1. The Morgan fingerprint density at radius 2 is 2.08 bits per heavy atom. The summed E-state index contributed by atoms with van der Waals surface area (Å²) in [5.41, 5.74) is 0.904. The van der Waals surface area contributed by atoms with Gasteiger partial charge in [-0.3, -0.25) is 9.69 Å². The molecule has 0 atom stereocenters. The van der Waals surface area contributed by atoms with Crippen LogP contribution in [0.5, 0.6) is 5.75 Å². The Morgan fingerprint density at radius 3 is 2.68 bits per heavy atom. The number of carbonyl (C=O) groups excluding carboxylic acids is 1. The molecule has 25 heavy (non-hydrogen) atoms. The van der Waals surface area contributed by atoms with Gasteiger partial charge in [-0.2, -0.15) is 0 Å². The zero-order chi connectivity index (χ0) is 18.4. The summed E-state index contributed by atoms with van der Waals surface area (Å²) in [7, 11) is 3.49. The van der Waals surface area contributed by atoms with Gasteiger partial charge in [0, 0.05) is 11.7 Å². The molecule has 0 aliphatic heterocycles. The third-order valence-corrected chi connectivity index (χ3v) is 4.41. The molecule has 0 fully saturated rings. The van der Waals surface area contributed by atoms with Crippen LogP contribution in [0.15, 0.2) is 24.3 Å². The molecule has 7 nitrogen and oxygen atoms in total. The predicted octanol–water partition coefficient (Wildman–Crippen LogP) is 2.84. The average molecular weight is 382 g/mol. The molecule has 1 heterocycles. The molecule has 0 radical (unpaired) electrons. The second-order valence-electron chi connectivity index (χ2n) is 5.90. The largest absolute Gasteiger partial charge is 0.497 e. The van der Waals surface area contributed by atoms with E-state index in [-0.39, 0.29) is 11.9 Å². The number of amides is 1. The van der Waals surface area contributed by atoms with Gasteiger partial charge in [-0.1, -0.05) is 11.3 Å². The first kappa shape index (κ1) is 19.4. The molecule has 0 spiro atoms. The third kappa shape index (κ3) is 6.11. The first-order chi connectivity index (χ1) is 11.9. The molecule has 0 saturated carbocycles. The lowest BCUT2D eigenvalue weighted by atomic mass is 10.3. The first-order valence-electron chi connectivity index (χ1n) is 7.84. The van der Waals surface area contributed by atoms with Crippen molar-refractivity contribution in [3.05, 3.63) is 28.2 Å². The fraction of sp³-hybridized carbons (Fsp3) is 0.438. The molecule has 9 heteroatoms. The highest BCUT2D eigenvalue weighted by atomic mass is 32.1. The molecular formula is C16H23N5O2S2. The molecule has 1 aromatic heterocycles. The van der Waals surface area contributed by atoms with E-state index in [0.29, 0.717) is 22.3 Å². The van der Waals surface area contributed by atoms with Gasteiger partial charge in [0.15, 0.2) is 3.95 Å². The van der Waals surface area contributed by atoms with Gasteiger partial charge in [0.05, 0.1) is 20.3 Å². The van der Waals surface area contributed by atoms with E-state index < -0.39 is 0 Å². The van der Waals surface area contributed by atoms with Gasteiger partial charge < -0.3 is 15.4 Å². The Morgan fingerprint density at radius 1 is 1.40 bits per heavy atom. The van der Waals surface area contributed by atoms with Gasteiger partial charge >= 0.3 is 0 Å². The summed E-state index contributed by atoms with van der Waals surface area (Å²) in [6.45, 7) is 4.61. The lowest BCUT2D eigenvalue weighted by molar-refractivity contribution is -0.122. The van der Waals surface area contributed by atoms with Crippen molar-refractivity contribution in [3.63, 3.8) is 0 Å². The van der Waals surface area contributed by atoms with Gasteiger partial charge in [0.2, 0.25) is 11.0 Å². The fourth-order valence-electron chi connectivity index (χ4n) is 2.14. The second kappa shape index (κ2) is 8.93. The SMILES string of the molecule is COc1ccc(Nc2nn(CN(C)CC(=O)NC(C)C)c(=S)s2)cc1. The van der Waals surface area contributed by atoms with E-state index in [1.165, 1.54) is 11.3 Å². The molecule has 2 aromatic rings. The molecule has 1 amide bonds. The van der Waals surface area contributed by atoms with Crippen molar-refractivity contribution < 1.29 is 9.53 Å². The number of aromatic nitrogens is 2. The summed E-state index contributed by atoms with van der Waals surface area (Å²) in [4.78, 5) is 13.7. The Hall–Kier alpha value is -1.97. The van der Waals surface area contributed by atoms with Crippen molar-refractivity contribution >= 4 is 40.3 Å². The molecule has 0 aliphatic rings. The summed E-state index contributed by atoms with van der Waals surface area (Å²) < 4.78 is 7.49. The number of rotatable bonds is 8. The monoisotopic (exact) mass is 381 g/mol. The molecule has 0 unspecified atom stereocenters. The number of carbonyl (C=O) groups is 1. The van der Waals surface area contributed by atoms with Crippen molar-refractivity contribution in [1.82, 2.24) is 20.0 Å². The molecule has 0 bridgehead atoms. The second-order valence-corrected chi connectivity index (χ2v) is 7.53. The lowest BCUT2D eigenvalue weighted by Crippen LogP contribution is -2.39. The Kier molecular flexibility index (Phi) is 6.91. The van der Waals surface area contributed by atoms with E-state index in [4.69, 9.17) is 17.0 Å². The maximum absolute atomic E-state index is 11.8. The first-order valence-corrected chi connectivity index (χ1v) is 9.07. The zero-order valence-corrected chi connectivity index (χ0v) is 16.4. The summed E-state index contributed by atoms with van der Waals surface area (Å²) in [5.74, 6) is 0.779. The van der Waals surface area contributed by atoms with E-state index in [1.807, 2.05) is 50.1 Å². The van der Waals surface area contributed by atoms with Crippen LogP contribution < -0.4 is 15.4 Å². The van der Waals surface area contributed by atoms with Crippen molar-refractivity contribution in [3.8, 4) is 5.75 Å². The molecule has 0 aliphatic carbocycles. The molecule has 2 rings (SSSR count). The number of methoxy groups -OCH3 is 1. The summed E-state index contributed by atoms with van der Waals surface area (Å²) in [5, 5.41) is 11.3. The van der Waals surface area contributed by atoms with Crippen LogP contribution in [-0.4, -0.2) is 47.3 Å². The molecule has 136 valence electrons. The molecule has 1 aromatic carbocycles. The van der Waals surface area contributed by atoms with Crippen LogP contribution >= 0.6 is 23.6 Å². The fourth-order valence-corrected chi connectivity index (χ4v) is 3.15. The topological polar surface area (TPSA) is 71.4 Å². The Labute approximate surface area is 156 Å². The summed E-state index contributed by atoms with van der Waals surface area (Å²) >= 11 is 6.75. The molecule has 0 saturated heterocycles. The minimum absolute atomic E-state index is 0.0178. The Bertz CT molecular complexity index is 755. The van der Waals surface area contributed by atoms with Crippen LogP contribution in [0.3, 0.4) is 0 Å². The van der Waals surface area contributed by atoms with E-state index >= 15 is 0 Å². The van der Waals surface area contributed by atoms with Gasteiger partial charge in [0.25, 0.3) is 0 Å². The van der Waals surface area contributed by atoms with E-state index in [9.17, 15) is 4.79 Å². The maximum Gasteiger partial charge on any atom is 0.234 e. The summed E-state index contributed by atoms with van der Waals surface area (Å²) in [6.07, 6.45) is 0. The van der Waals surface area contributed by atoms with E-state index in [1.54, 1.807) is 11.8 Å². The normalized spacial score (nSPS) is 11.0. The number of nitrogens with zero attached hydrogens (tertiary/aromatic N) is 3. The van der Waals surface area contributed by atoms with Crippen LogP contribution in [0.25, 0.3) is 0 Å². The van der Waals surface area contributed by atoms with E-state index in [0.717, 1.165) is 11.4 Å². The minimum atomic E-state index is -0.0178. The van der Waals surface area contributed by atoms with Gasteiger partial charge in [-0.15, -0.1) is 5.10 Å². The van der Waals surface area contributed by atoms with Crippen LogP contribution in [0.4, 0.5) is 10.8 Å². The highest BCUT2D eigenvalue weighted by Gasteiger charge is 2.10. The number of hydrogen-bond donors (Lipinski definition) is 2. The zero-order valence-electron chi connectivity index (χ0n) is 14.8. The van der Waals surface area contributed by atoms with Crippen molar-refractivity contribution in [2.45, 2.75) is 26.6 Å².